The van der Waals surface area contributed by atoms with Crippen LogP contribution in [0, 0.1) is 19.3 Å². The molecular weight excluding hydrogens is 216 g/mol. The van der Waals surface area contributed by atoms with E-state index in [1.54, 1.807) is 0 Å². The minimum absolute atomic E-state index is 0.463. The van der Waals surface area contributed by atoms with Crippen molar-refractivity contribution in [3.63, 3.8) is 0 Å². The van der Waals surface area contributed by atoms with E-state index >= 15 is 0 Å². The van der Waals surface area contributed by atoms with Crippen LogP contribution < -0.4 is 0 Å². The molecule has 0 aromatic carbocycles. The molecule has 0 aliphatic carbocycles. The van der Waals surface area contributed by atoms with Gasteiger partial charge in [0, 0.05) is 6.42 Å². The van der Waals surface area contributed by atoms with Gasteiger partial charge in [0.25, 0.3) is 0 Å². The fraction of sp³-hybridized carbons (Fsp3) is 0.455. The van der Waals surface area contributed by atoms with Gasteiger partial charge in [-0.15, -0.1) is 23.7 Å². The largest absolute Gasteiger partial charge is 0.388 e. The van der Waals surface area contributed by atoms with Crippen LogP contribution in [0.2, 0.25) is 5.02 Å². The summed E-state index contributed by atoms with van der Waals surface area (Å²) in [5.41, 5.74) is 1.03. The minimum Gasteiger partial charge on any atom is -0.388 e. The molecule has 1 aromatic heterocycles. The van der Waals surface area contributed by atoms with Crippen LogP contribution in [0.15, 0.2) is 5.38 Å². The third-order valence-electron chi connectivity index (χ3n) is 2.03. The summed E-state index contributed by atoms with van der Waals surface area (Å²) < 4.78 is 0. The second kappa shape index (κ2) is 5.41. The molecule has 0 saturated carbocycles. The van der Waals surface area contributed by atoms with Gasteiger partial charge in [-0.2, -0.15) is 0 Å². The van der Waals surface area contributed by atoms with Crippen LogP contribution >= 0.6 is 22.9 Å². The summed E-state index contributed by atoms with van der Waals surface area (Å²) in [5, 5.41) is 12.5. The molecule has 0 aliphatic heterocycles. The third kappa shape index (κ3) is 2.75. The molecule has 3 heteroatoms. The van der Waals surface area contributed by atoms with Crippen LogP contribution in [0.25, 0.3) is 0 Å². The predicted molar refractivity (Wildman–Crippen MR) is 61.7 cm³/mol. The predicted octanol–water partition coefficient (Wildman–Crippen LogP) is 3.55. The lowest BCUT2D eigenvalue weighted by Gasteiger charge is -2.07. The lowest BCUT2D eigenvalue weighted by atomic mass is 10.1. The Kier molecular flexibility index (Phi) is 4.47. The maximum atomic E-state index is 9.80. The first-order valence-corrected chi connectivity index (χ1v) is 5.77. The lowest BCUT2D eigenvalue weighted by Crippen LogP contribution is -1.94. The molecule has 0 aliphatic rings. The van der Waals surface area contributed by atoms with Gasteiger partial charge in [0.05, 0.1) is 16.0 Å². The molecule has 0 radical (unpaired) electrons. The van der Waals surface area contributed by atoms with Gasteiger partial charge in [0.2, 0.25) is 0 Å². The second-order valence-corrected chi connectivity index (χ2v) is 4.50. The first-order chi connectivity index (χ1) is 6.66. The highest BCUT2D eigenvalue weighted by atomic mass is 35.5. The van der Waals surface area contributed by atoms with Crippen LogP contribution in [0.5, 0.6) is 0 Å². The first-order valence-electron chi connectivity index (χ1n) is 4.51. The van der Waals surface area contributed by atoms with Gasteiger partial charge in [-0.3, -0.25) is 0 Å². The molecule has 0 amide bonds. The number of halogens is 1. The second-order valence-electron chi connectivity index (χ2n) is 3.21. The Labute approximate surface area is 93.7 Å². The highest BCUT2D eigenvalue weighted by Gasteiger charge is 2.14. The van der Waals surface area contributed by atoms with E-state index in [0.29, 0.717) is 17.9 Å². The molecule has 1 unspecified atom stereocenters. The zero-order valence-electron chi connectivity index (χ0n) is 8.09. The summed E-state index contributed by atoms with van der Waals surface area (Å²) in [6.07, 6.45) is 6.90. The SMILES string of the molecule is C#CCCCC(O)c1scc(C)c1Cl. The third-order valence-corrected chi connectivity index (χ3v) is 3.84. The average Bonchev–Trinajstić information content (AvgIpc) is 2.48. The van der Waals surface area contributed by atoms with E-state index in [9.17, 15) is 5.11 Å². The number of aliphatic hydroxyl groups excluding tert-OH is 1. The minimum atomic E-state index is -0.463. The number of aryl methyl sites for hydroxylation is 1. The summed E-state index contributed by atoms with van der Waals surface area (Å²) in [7, 11) is 0. The van der Waals surface area contributed by atoms with E-state index < -0.39 is 6.10 Å². The summed E-state index contributed by atoms with van der Waals surface area (Å²) in [4.78, 5) is 0.862. The topological polar surface area (TPSA) is 20.2 Å². The Morgan fingerprint density at radius 2 is 2.43 bits per heavy atom. The van der Waals surface area contributed by atoms with Crippen molar-refractivity contribution in [1.82, 2.24) is 0 Å². The summed E-state index contributed by atoms with van der Waals surface area (Å²) in [6, 6.07) is 0. The van der Waals surface area contributed by atoms with Crippen LogP contribution in [0.3, 0.4) is 0 Å². The molecule has 14 heavy (non-hydrogen) atoms. The molecule has 0 fully saturated rings. The molecule has 0 spiro atoms. The summed E-state index contributed by atoms with van der Waals surface area (Å²) >= 11 is 7.54. The van der Waals surface area contributed by atoms with Gasteiger partial charge in [-0.25, -0.2) is 0 Å². The number of thiophene rings is 1. The highest BCUT2D eigenvalue weighted by molar-refractivity contribution is 7.10. The molecular formula is C11H13ClOS. The van der Waals surface area contributed by atoms with Crippen LogP contribution in [-0.4, -0.2) is 5.11 Å². The fourth-order valence-electron chi connectivity index (χ4n) is 1.20. The smallest absolute Gasteiger partial charge is 0.0897 e. The molecule has 0 saturated heterocycles. The standard InChI is InChI=1S/C11H13ClOS/c1-3-4-5-6-9(13)11-10(12)8(2)7-14-11/h1,7,9,13H,4-6H2,2H3. The Hall–Kier alpha value is -0.490. The monoisotopic (exact) mass is 228 g/mol. The molecule has 76 valence electrons. The number of rotatable bonds is 4. The Balaban J connectivity index is 2.57. The van der Waals surface area contributed by atoms with Crippen LogP contribution in [0.4, 0.5) is 0 Å². The first kappa shape index (κ1) is 11.6. The molecule has 1 N–H and O–H groups in total. The molecule has 1 aromatic rings. The Morgan fingerprint density at radius 3 is 2.93 bits per heavy atom. The molecule has 1 atom stereocenters. The van der Waals surface area contributed by atoms with Crippen molar-refractivity contribution in [2.75, 3.05) is 0 Å². The number of unbranched alkanes of at least 4 members (excludes halogenated alkanes) is 1. The molecule has 1 nitrogen and oxygen atoms in total. The van der Waals surface area contributed by atoms with Gasteiger partial charge in [-0.1, -0.05) is 11.6 Å². The van der Waals surface area contributed by atoms with Gasteiger partial charge in [-0.05, 0) is 30.7 Å². The Morgan fingerprint density at radius 1 is 1.71 bits per heavy atom. The zero-order valence-corrected chi connectivity index (χ0v) is 9.66. The molecule has 1 rings (SSSR count). The van der Waals surface area contributed by atoms with Crippen molar-refractivity contribution in [2.24, 2.45) is 0 Å². The van der Waals surface area contributed by atoms with Crippen LogP contribution in [-0.2, 0) is 0 Å². The molecule has 0 bridgehead atoms. The van der Waals surface area contributed by atoms with E-state index in [0.717, 1.165) is 16.9 Å². The maximum Gasteiger partial charge on any atom is 0.0897 e. The van der Waals surface area contributed by atoms with E-state index in [4.69, 9.17) is 18.0 Å². The number of aliphatic hydroxyl groups is 1. The van der Waals surface area contributed by atoms with Crippen molar-refractivity contribution in [3.05, 3.63) is 20.8 Å². The lowest BCUT2D eigenvalue weighted by molar-refractivity contribution is 0.169. The highest BCUT2D eigenvalue weighted by Crippen LogP contribution is 2.34. The number of terminal acetylenes is 1. The van der Waals surface area contributed by atoms with Crippen molar-refractivity contribution in [3.8, 4) is 12.3 Å². The summed E-state index contributed by atoms with van der Waals surface area (Å²) in [6.45, 7) is 1.94. The van der Waals surface area contributed by atoms with Crippen LogP contribution in [0.1, 0.15) is 35.8 Å². The quantitative estimate of drug-likeness (QED) is 0.617. The van der Waals surface area contributed by atoms with E-state index in [2.05, 4.69) is 5.92 Å². The van der Waals surface area contributed by atoms with Gasteiger partial charge in [0.15, 0.2) is 0 Å². The fourth-order valence-corrected chi connectivity index (χ4v) is 2.54. The van der Waals surface area contributed by atoms with E-state index in [-0.39, 0.29) is 0 Å². The number of hydrogen-bond acceptors (Lipinski definition) is 2. The Bertz CT molecular complexity index is 338. The van der Waals surface area contributed by atoms with Gasteiger partial charge in [0.1, 0.15) is 0 Å². The van der Waals surface area contributed by atoms with Crippen molar-refractivity contribution < 1.29 is 5.11 Å². The van der Waals surface area contributed by atoms with Gasteiger partial charge < -0.3 is 5.11 Å². The normalized spacial score (nSPS) is 12.4. The van der Waals surface area contributed by atoms with E-state index in [1.165, 1.54) is 11.3 Å². The maximum absolute atomic E-state index is 9.80. The van der Waals surface area contributed by atoms with Crippen molar-refractivity contribution in [2.45, 2.75) is 32.3 Å². The zero-order chi connectivity index (χ0) is 10.6. The van der Waals surface area contributed by atoms with Crippen molar-refractivity contribution >= 4 is 22.9 Å². The van der Waals surface area contributed by atoms with E-state index in [1.807, 2.05) is 12.3 Å². The number of hydrogen-bond donors (Lipinski definition) is 1. The summed E-state index contributed by atoms with van der Waals surface area (Å²) in [5.74, 6) is 2.55. The van der Waals surface area contributed by atoms with Gasteiger partial charge >= 0.3 is 0 Å². The molecule has 1 heterocycles. The van der Waals surface area contributed by atoms with Crippen molar-refractivity contribution in [1.29, 1.82) is 0 Å². The average molecular weight is 229 g/mol.